The second kappa shape index (κ2) is 5.32. The highest BCUT2D eigenvalue weighted by atomic mass is 79.9. The highest BCUT2D eigenvalue weighted by molar-refractivity contribution is 9.10. The molecule has 1 aliphatic rings. The lowest BCUT2D eigenvalue weighted by molar-refractivity contribution is 0.0699. The van der Waals surface area contributed by atoms with Crippen molar-refractivity contribution in [2.75, 3.05) is 19.6 Å². The van der Waals surface area contributed by atoms with Gasteiger partial charge in [0.2, 0.25) is 0 Å². The van der Waals surface area contributed by atoms with Gasteiger partial charge in [-0.25, -0.2) is 8.78 Å². The fourth-order valence-electron chi connectivity index (χ4n) is 2.00. The molecular formula is C12H13BrF2N2O. The third-order valence-electron chi connectivity index (χ3n) is 2.91. The van der Waals surface area contributed by atoms with Gasteiger partial charge in [-0.15, -0.1) is 0 Å². The van der Waals surface area contributed by atoms with E-state index in [0.29, 0.717) is 19.6 Å². The number of nitrogens with one attached hydrogen (secondary N) is 1. The average molecular weight is 319 g/mol. The average Bonchev–Trinajstić information content (AvgIpc) is 2.34. The van der Waals surface area contributed by atoms with Gasteiger partial charge < -0.3 is 10.2 Å². The molecule has 1 aliphatic heterocycles. The number of rotatable bonds is 1. The van der Waals surface area contributed by atoms with Crippen molar-refractivity contribution in [3.8, 4) is 0 Å². The molecule has 1 atom stereocenters. The summed E-state index contributed by atoms with van der Waals surface area (Å²) < 4.78 is 27.5. The molecule has 1 saturated heterocycles. The van der Waals surface area contributed by atoms with Crippen LogP contribution in [0.5, 0.6) is 0 Å². The van der Waals surface area contributed by atoms with E-state index in [4.69, 9.17) is 0 Å². The summed E-state index contributed by atoms with van der Waals surface area (Å²) in [5, 5.41) is 3.17. The quantitative estimate of drug-likeness (QED) is 0.805. The lowest BCUT2D eigenvalue weighted by Crippen LogP contribution is -2.51. The first-order valence-electron chi connectivity index (χ1n) is 5.67. The van der Waals surface area contributed by atoms with Crippen molar-refractivity contribution in [2.45, 2.75) is 13.0 Å². The molecule has 3 nitrogen and oxygen atoms in total. The van der Waals surface area contributed by atoms with E-state index in [0.717, 1.165) is 6.07 Å². The van der Waals surface area contributed by atoms with Crippen LogP contribution >= 0.6 is 15.9 Å². The van der Waals surface area contributed by atoms with E-state index in [-0.39, 0.29) is 10.5 Å². The van der Waals surface area contributed by atoms with E-state index in [1.807, 2.05) is 6.92 Å². The monoisotopic (exact) mass is 318 g/mol. The molecule has 98 valence electrons. The Morgan fingerprint density at radius 1 is 1.50 bits per heavy atom. The Labute approximate surface area is 112 Å². The molecule has 0 radical (unpaired) electrons. The second-order valence-corrected chi connectivity index (χ2v) is 5.18. The summed E-state index contributed by atoms with van der Waals surface area (Å²) in [7, 11) is 0. The van der Waals surface area contributed by atoms with Crippen LogP contribution in [-0.4, -0.2) is 36.5 Å². The molecule has 1 amide bonds. The van der Waals surface area contributed by atoms with E-state index >= 15 is 0 Å². The Morgan fingerprint density at radius 2 is 2.22 bits per heavy atom. The number of hydrogen-bond acceptors (Lipinski definition) is 2. The number of nitrogens with zero attached hydrogens (tertiary/aromatic N) is 1. The van der Waals surface area contributed by atoms with Crippen LogP contribution in [0.25, 0.3) is 0 Å². The highest BCUT2D eigenvalue weighted by Gasteiger charge is 2.27. The van der Waals surface area contributed by atoms with Crippen LogP contribution < -0.4 is 5.32 Å². The maximum absolute atomic E-state index is 13.8. The minimum atomic E-state index is -0.841. The van der Waals surface area contributed by atoms with Gasteiger partial charge >= 0.3 is 0 Å². The molecule has 1 heterocycles. The molecule has 0 saturated carbocycles. The molecule has 0 aromatic heterocycles. The smallest absolute Gasteiger partial charge is 0.259 e. The van der Waals surface area contributed by atoms with E-state index in [9.17, 15) is 13.6 Å². The van der Waals surface area contributed by atoms with Gasteiger partial charge in [-0.2, -0.15) is 0 Å². The van der Waals surface area contributed by atoms with Crippen molar-refractivity contribution in [3.05, 3.63) is 33.8 Å². The van der Waals surface area contributed by atoms with E-state index in [2.05, 4.69) is 21.2 Å². The van der Waals surface area contributed by atoms with E-state index < -0.39 is 23.1 Å². The minimum absolute atomic E-state index is 0.0930. The van der Waals surface area contributed by atoms with Crippen LogP contribution in [0.4, 0.5) is 8.78 Å². The number of carbonyl (C=O) groups excluding carboxylic acids is 1. The Kier molecular flexibility index (Phi) is 3.97. The van der Waals surface area contributed by atoms with E-state index in [1.165, 1.54) is 11.0 Å². The lowest BCUT2D eigenvalue weighted by Gasteiger charge is -2.32. The summed E-state index contributed by atoms with van der Waals surface area (Å²) >= 11 is 2.96. The van der Waals surface area contributed by atoms with Crippen molar-refractivity contribution >= 4 is 21.8 Å². The molecule has 0 spiro atoms. The minimum Gasteiger partial charge on any atom is -0.336 e. The summed E-state index contributed by atoms with van der Waals surface area (Å²) in [6, 6.07) is 2.47. The molecule has 2 rings (SSSR count). The predicted molar refractivity (Wildman–Crippen MR) is 67.4 cm³/mol. The van der Waals surface area contributed by atoms with Gasteiger partial charge in [-0.3, -0.25) is 4.79 Å². The summed E-state index contributed by atoms with van der Waals surface area (Å²) in [6.07, 6.45) is 0. The molecule has 1 fully saturated rings. The molecule has 0 bridgehead atoms. The van der Waals surface area contributed by atoms with Gasteiger partial charge in [0.15, 0.2) is 5.82 Å². The van der Waals surface area contributed by atoms with Crippen molar-refractivity contribution in [1.82, 2.24) is 10.2 Å². The first-order valence-corrected chi connectivity index (χ1v) is 6.46. The molecule has 0 aliphatic carbocycles. The molecular weight excluding hydrogens is 306 g/mol. The van der Waals surface area contributed by atoms with Crippen molar-refractivity contribution < 1.29 is 13.6 Å². The van der Waals surface area contributed by atoms with Gasteiger partial charge in [-0.1, -0.05) is 0 Å². The second-order valence-electron chi connectivity index (χ2n) is 4.32. The van der Waals surface area contributed by atoms with Crippen molar-refractivity contribution in [3.63, 3.8) is 0 Å². The fourth-order valence-corrected chi connectivity index (χ4v) is 2.33. The van der Waals surface area contributed by atoms with Gasteiger partial charge in [0.25, 0.3) is 5.91 Å². The maximum atomic E-state index is 13.8. The predicted octanol–water partition coefficient (Wildman–Crippen LogP) is 2.16. The number of amides is 1. The summed E-state index contributed by atoms with van der Waals surface area (Å²) in [5.74, 6) is -2.27. The van der Waals surface area contributed by atoms with Crippen LogP contribution in [-0.2, 0) is 0 Å². The fraction of sp³-hybridized carbons (Fsp3) is 0.417. The van der Waals surface area contributed by atoms with Crippen LogP contribution in [0.2, 0.25) is 0 Å². The summed E-state index contributed by atoms with van der Waals surface area (Å²) in [4.78, 5) is 13.6. The largest absolute Gasteiger partial charge is 0.336 e. The third kappa shape index (κ3) is 2.54. The zero-order valence-electron chi connectivity index (χ0n) is 9.84. The Morgan fingerprint density at radius 3 is 2.89 bits per heavy atom. The molecule has 1 N–H and O–H groups in total. The number of carbonyl (C=O) groups is 1. The highest BCUT2D eigenvalue weighted by Crippen LogP contribution is 2.23. The van der Waals surface area contributed by atoms with Crippen LogP contribution in [0.1, 0.15) is 17.3 Å². The summed E-state index contributed by atoms with van der Waals surface area (Å²) in [6.45, 7) is 3.45. The number of halogens is 3. The summed E-state index contributed by atoms with van der Waals surface area (Å²) in [5.41, 5.74) is -0.488. The van der Waals surface area contributed by atoms with Crippen LogP contribution in [0, 0.1) is 11.6 Å². The maximum Gasteiger partial charge on any atom is 0.259 e. The van der Waals surface area contributed by atoms with E-state index in [1.54, 1.807) is 0 Å². The van der Waals surface area contributed by atoms with Gasteiger partial charge in [0.1, 0.15) is 11.4 Å². The van der Waals surface area contributed by atoms with Gasteiger partial charge in [0, 0.05) is 25.7 Å². The molecule has 1 aromatic rings. The first-order chi connectivity index (χ1) is 8.50. The topological polar surface area (TPSA) is 32.3 Å². The number of hydrogen-bond donors (Lipinski definition) is 1. The SMILES string of the molecule is C[C@H]1CN(C(=O)c2c(F)ccc(Br)c2F)CCN1. The van der Waals surface area contributed by atoms with Crippen LogP contribution in [0.15, 0.2) is 16.6 Å². The zero-order valence-corrected chi connectivity index (χ0v) is 11.4. The standard InChI is InChI=1S/C12H13BrF2N2O/c1-7-6-17(5-4-16-7)12(18)10-9(14)3-2-8(13)11(10)15/h2-3,7,16H,4-6H2,1H3/t7-/m0/s1. The molecule has 6 heteroatoms. The number of piperazine rings is 1. The third-order valence-corrected chi connectivity index (χ3v) is 3.53. The first kappa shape index (κ1) is 13.4. The van der Waals surface area contributed by atoms with Gasteiger partial charge in [-0.05, 0) is 35.0 Å². The Balaban J connectivity index is 2.31. The zero-order chi connectivity index (χ0) is 13.3. The Hall–Kier alpha value is -1.01. The van der Waals surface area contributed by atoms with Crippen LogP contribution in [0.3, 0.4) is 0 Å². The lowest BCUT2D eigenvalue weighted by atomic mass is 10.1. The number of benzene rings is 1. The van der Waals surface area contributed by atoms with Crippen molar-refractivity contribution in [2.24, 2.45) is 0 Å². The Bertz CT molecular complexity index is 481. The van der Waals surface area contributed by atoms with Crippen molar-refractivity contribution in [1.29, 1.82) is 0 Å². The normalized spacial score (nSPS) is 20.0. The van der Waals surface area contributed by atoms with Gasteiger partial charge in [0.05, 0.1) is 4.47 Å². The molecule has 1 aromatic carbocycles. The molecule has 18 heavy (non-hydrogen) atoms. The molecule has 0 unspecified atom stereocenters.